The number of carbonyl (C=O) groups excluding carboxylic acids is 2. The Bertz CT molecular complexity index is 891. The van der Waals surface area contributed by atoms with Gasteiger partial charge in [-0.1, -0.05) is 115 Å². The normalized spacial score (nSPS) is 13.4. The number of aliphatic carboxylic acids is 1. The fourth-order valence-corrected chi connectivity index (χ4v) is 5.27. The summed E-state index contributed by atoms with van der Waals surface area (Å²) in [4.78, 5) is 36.6. The summed E-state index contributed by atoms with van der Waals surface area (Å²) >= 11 is 0. The molecule has 0 radical (unpaired) electrons. The van der Waals surface area contributed by atoms with E-state index in [0.29, 0.717) is 12.8 Å². The highest BCUT2D eigenvalue weighted by molar-refractivity contribution is 5.72. The van der Waals surface area contributed by atoms with Crippen LogP contribution >= 0.6 is 0 Å². The molecule has 8 heteroatoms. The molecule has 0 aromatic heterocycles. The molecule has 278 valence electrons. The van der Waals surface area contributed by atoms with Gasteiger partial charge in [0.2, 0.25) is 0 Å². The van der Waals surface area contributed by atoms with Gasteiger partial charge in [0, 0.05) is 19.3 Å². The zero-order valence-electron chi connectivity index (χ0n) is 31.4. The fraction of sp³-hybridized carbons (Fsp3) is 0.775. The van der Waals surface area contributed by atoms with Gasteiger partial charge in [-0.2, -0.15) is 0 Å². The summed E-state index contributed by atoms with van der Waals surface area (Å²) in [5.74, 6) is -1.57. The molecule has 2 unspecified atom stereocenters. The van der Waals surface area contributed by atoms with E-state index in [-0.39, 0.29) is 49.1 Å². The summed E-state index contributed by atoms with van der Waals surface area (Å²) in [6.07, 6.45) is 33.5. The standard InChI is InChI=1S/C40H71NO7/c1-6-8-10-12-14-16-17-18-19-20-21-22-23-25-27-29-31-39(43)48-36(34-46-33-32-37(40(44)45)41(3,4)5)35-47-38(42)30-28-26-24-15-13-11-9-7-2/h19-22,24,26,36-37H,6-18,23,25,27-35H2,1-5H3/p+1/b20-19+,22-21+,26-24+. The summed E-state index contributed by atoms with van der Waals surface area (Å²) in [5.41, 5.74) is 0. The molecular weight excluding hydrogens is 606 g/mol. The van der Waals surface area contributed by atoms with Crippen LogP contribution < -0.4 is 0 Å². The van der Waals surface area contributed by atoms with Crippen LogP contribution in [-0.4, -0.2) is 80.6 Å². The maximum absolute atomic E-state index is 12.6. The minimum absolute atomic E-state index is 0.0391. The first-order chi connectivity index (χ1) is 23.1. The lowest BCUT2D eigenvalue weighted by molar-refractivity contribution is -0.887. The summed E-state index contributed by atoms with van der Waals surface area (Å²) < 4.78 is 17.1. The van der Waals surface area contributed by atoms with Crippen molar-refractivity contribution in [2.45, 2.75) is 161 Å². The van der Waals surface area contributed by atoms with Gasteiger partial charge in [-0.3, -0.25) is 9.59 Å². The van der Waals surface area contributed by atoms with Gasteiger partial charge < -0.3 is 23.8 Å². The first-order valence-electron chi connectivity index (χ1n) is 19.0. The number of rotatable bonds is 33. The van der Waals surface area contributed by atoms with Crippen LogP contribution in [0.4, 0.5) is 0 Å². The van der Waals surface area contributed by atoms with Crippen LogP contribution in [-0.2, 0) is 28.6 Å². The summed E-state index contributed by atoms with van der Waals surface area (Å²) in [7, 11) is 5.49. The molecule has 0 aliphatic heterocycles. The van der Waals surface area contributed by atoms with Gasteiger partial charge in [0.15, 0.2) is 12.1 Å². The fourth-order valence-electron chi connectivity index (χ4n) is 5.27. The summed E-state index contributed by atoms with van der Waals surface area (Å²) in [6, 6.07) is -0.621. The van der Waals surface area contributed by atoms with Crippen LogP contribution in [0.1, 0.15) is 149 Å². The van der Waals surface area contributed by atoms with E-state index in [1.165, 1.54) is 64.2 Å². The Labute approximate surface area is 293 Å². The number of carbonyl (C=O) groups is 3. The Morgan fingerprint density at radius 2 is 1.15 bits per heavy atom. The Hall–Kier alpha value is -2.45. The highest BCUT2D eigenvalue weighted by Crippen LogP contribution is 2.12. The molecule has 0 amide bonds. The predicted molar refractivity (Wildman–Crippen MR) is 197 cm³/mol. The lowest BCUT2D eigenvalue weighted by atomic mass is 10.1. The lowest BCUT2D eigenvalue weighted by Gasteiger charge is -2.31. The zero-order valence-corrected chi connectivity index (χ0v) is 31.4. The largest absolute Gasteiger partial charge is 0.477 e. The Morgan fingerprint density at radius 3 is 1.73 bits per heavy atom. The van der Waals surface area contributed by atoms with Crippen LogP contribution in [0.3, 0.4) is 0 Å². The monoisotopic (exact) mass is 679 g/mol. The van der Waals surface area contributed by atoms with E-state index in [0.717, 1.165) is 44.9 Å². The Kier molecular flexibility index (Phi) is 30.2. The second-order valence-electron chi connectivity index (χ2n) is 13.9. The van der Waals surface area contributed by atoms with Crippen LogP contribution in [0.15, 0.2) is 36.5 Å². The van der Waals surface area contributed by atoms with Crippen LogP contribution in [0, 0.1) is 0 Å². The number of likely N-dealkylation sites (N-methyl/N-ethyl adjacent to an activating group) is 1. The van der Waals surface area contributed by atoms with E-state index in [9.17, 15) is 19.5 Å². The van der Waals surface area contributed by atoms with Crippen molar-refractivity contribution in [1.29, 1.82) is 0 Å². The molecule has 0 saturated heterocycles. The number of esters is 2. The van der Waals surface area contributed by atoms with Crippen molar-refractivity contribution in [3.05, 3.63) is 36.5 Å². The van der Waals surface area contributed by atoms with Gasteiger partial charge in [-0.15, -0.1) is 0 Å². The van der Waals surface area contributed by atoms with Gasteiger partial charge in [0.05, 0.1) is 34.4 Å². The maximum Gasteiger partial charge on any atom is 0.362 e. The van der Waals surface area contributed by atoms with E-state index in [4.69, 9.17) is 14.2 Å². The van der Waals surface area contributed by atoms with Gasteiger partial charge in [0.1, 0.15) is 6.61 Å². The van der Waals surface area contributed by atoms with Gasteiger partial charge in [-0.05, 0) is 51.4 Å². The molecule has 0 heterocycles. The second-order valence-corrected chi connectivity index (χ2v) is 13.9. The Balaban J connectivity index is 4.48. The number of ether oxygens (including phenoxy) is 3. The quantitative estimate of drug-likeness (QED) is 0.0243. The third-order valence-electron chi connectivity index (χ3n) is 8.30. The van der Waals surface area contributed by atoms with Gasteiger partial charge >= 0.3 is 17.9 Å². The molecule has 2 atom stereocenters. The lowest BCUT2D eigenvalue weighted by Crippen LogP contribution is -2.50. The van der Waals surface area contributed by atoms with Gasteiger partial charge in [-0.25, -0.2) is 4.79 Å². The van der Waals surface area contributed by atoms with Crippen molar-refractivity contribution in [2.24, 2.45) is 0 Å². The topological polar surface area (TPSA) is 99.1 Å². The number of unbranched alkanes of at least 4 members (excludes halogenated alkanes) is 14. The SMILES string of the molecule is CCCCCC/C=C/CCC(=O)OCC(COCCC(C(=O)O)[N+](C)(C)C)OC(=O)CCCCC/C=C/C=C/CCCCCCCCC. The molecule has 1 N–H and O–H groups in total. The minimum atomic E-state index is -0.885. The van der Waals surface area contributed by atoms with Crippen molar-refractivity contribution in [3.8, 4) is 0 Å². The smallest absolute Gasteiger partial charge is 0.362 e. The number of carboxylic acid groups (broad SMARTS) is 1. The molecule has 0 aromatic rings. The minimum Gasteiger partial charge on any atom is -0.477 e. The Morgan fingerprint density at radius 1 is 0.625 bits per heavy atom. The first kappa shape index (κ1) is 45.6. The van der Waals surface area contributed by atoms with Crippen molar-refractivity contribution >= 4 is 17.9 Å². The van der Waals surface area contributed by atoms with E-state index in [1.807, 2.05) is 27.2 Å². The van der Waals surface area contributed by atoms with Gasteiger partial charge in [0.25, 0.3) is 0 Å². The molecule has 48 heavy (non-hydrogen) atoms. The molecule has 0 bridgehead atoms. The zero-order chi connectivity index (χ0) is 35.7. The summed E-state index contributed by atoms with van der Waals surface area (Å²) in [6.45, 7) is 4.59. The molecule has 0 aromatic carbocycles. The molecular formula is C40H72NO7+. The molecule has 0 saturated carbocycles. The number of hydrogen-bond donors (Lipinski definition) is 1. The molecule has 8 nitrogen and oxygen atoms in total. The average Bonchev–Trinajstić information content (AvgIpc) is 3.03. The molecule has 0 aliphatic rings. The van der Waals surface area contributed by atoms with Crippen LogP contribution in [0.5, 0.6) is 0 Å². The number of quaternary nitrogens is 1. The predicted octanol–water partition coefficient (Wildman–Crippen LogP) is 9.52. The molecule has 0 fully saturated rings. The first-order valence-corrected chi connectivity index (χ1v) is 19.0. The van der Waals surface area contributed by atoms with Crippen molar-refractivity contribution < 1.29 is 38.2 Å². The maximum atomic E-state index is 12.6. The molecule has 0 aliphatic carbocycles. The van der Waals surface area contributed by atoms with Crippen molar-refractivity contribution in [3.63, 3.8) is 0 Å². The van der Waals surface area contributed by atoms with E-state index in [1.54, 1.807) is 0 Å². The van der Waals surface area contributed by atoms with E-state index < -0.39 is 18.1 Å². The second kappa shape index (κ2) is 31.8. The number of hydrogen-bond acceptors (Lipinski definition) is 6. The number of nitrogens with zero attached hydrogens (tertiary/aromatic N) is 1. The third-order valence-corrected chi connectivity index (χ3v) is 8.30. The number of allylic oxidation sites excluding steroid dienone is 6. The molecule has 0 spiro atoms. The average molecular weight is 679 g/mol. The van der Waals surface area contributed by atoms with E-state index in [2.05, 4.69) is 44.2 Å². The van der Waals surface area contributed by atoms with Crippen LogP contribution in [0.2, 0.25) is 0 Å². The summed E-state index contributed by atoms with van der Waals surface area (Å²) in [5, 5.41) is 9.56. The van der Waals surface area contributed by atoms with Crippen LogP contribution in [0.25, 0.3) is 0 Å². The van der Waals surface area contributed by atoms with Crippen molar-refractivity contribution in [2.75, 3.05) is 41.0 Å². The third kappa shape index (κ3) is 29.7. The highest BCUT2D eigenvalue weighted by atomic mass is 16.6. The number of carboxylic acids is 1. The van der Waals surface area contributed by atoms with E-state index >= 15 is 0 Å². The van der Waals surface area contributed by atoms with Crippen molar-refractivity contribution in [1.82, 2.24) is 0 Å². The highest BCUT2D eigenvalue weighted by Gasteiger charge is 2.31. The molecule has 0 rings (SSSR count).